The minimum atomic E-state index is -0.696. The molecular weight excluding hydrogens is 302 g/mol. The van der Waals surface area contributed by atoms with Gasteiger partial charge in [-0.15, -0.1) is 0 Å². The van der Waals surface area contributed by atoms with Gasteiger partial charge in [0.05, 0.1) is 25.4 Å². The van der Waals surface area contributed by atoms with Gasteiger partial charge in [0.2, 0.25) is 5.91 Å². The fraction of sp³-hybridized carbons (Fsp3) is 0.500. The lowest BCUT2D eigenvalue weighted by molar-refractivity contribution is -0.120. The molecule has 118 valence electrons. The minimum Gasteiger partial charge on any atom is -0.495 e. The first-order chi connectivity index (χ1) is 10.5. The van der Waals surface area contributed by atoms with Crippen LogP contribution < -0.4 is 15.4 Å². The van der Waals surface area contributed by atoms with Gasteiger partial charge in [-0.1, -0.05) is 11.6 Å². The van der Waals surface area contributed by atoms with Crippen molar-refractivity contribution in [2.75, 3.05) is 19.0 Å². The molecule has 1 aromatic carbocycles. The Kier molecular flexibility index (Phi) is 5.15. The lowest BCUT2D eigenvalue weighted by atomic mass is 10.00. The van der Waals surface area contributed by atoms with Crippen LogP contribution in [0.1, 0.15) is 31.2 Å². The molecule has 0 unspecified atom stereocenters. The second-order valence-electron chi connectivity index (χ2n) is 5.60. The summed E-state index contributed by atoms with van der Waals surface area (Å²) in [6.07, 6.45) is 3.40. The molecule has 1 saturated carbocycles. The van der Waals surface area contributed by atoms with Crippen molar-refractivity contribution in [1.29, 1.82) is 5.26 Å². The van der Waals surface area contributed by atoms with Gasteiger partial charge in [0.1, 0.15) is 11.3 Å². The van der Waals surface area contributed by atoms with Crippen molar-refractivity contribution in [2.24, 2.45) is 0 Å². The van der Waals surface area contributed by atoms with Crippen molar-refractivity contribution in [2.45, 2.75) is 38.1 Å². The third kappa shape index (κ3) is 3.63. The zero-order chi connectivity index (χ0) is 16.2. The van der Waals surface area contributed by atoms with E-state index in [0.29, 0.717) is 16.5 Å². The highest BCUT2D eigenvalue weighted by atomic mass is 35.5. The number of hydrogen-bond acceptors (Lipinski definition) is 4. The number of aryl methyl sites for hydroxylation is 1. The zero-order valence-electron chi connectivity index (χ0n) is 12.8. The number of rotatable bonds is 5. The van der Waals surface area contributed by atoms with Crippen LogP contribution in [0.15, 0.2) is 12.1 Å². The molecular formula is C16H20ClN3O2. The number of carbonyl (C=O) groups is 1. The number of halogens is 1. The van der Waals surface area contributed by atoms with E-state index in [2.05, 4.69) is 16.7 Å². The topological polar surface area (TPSA) is 74.2 Å². The predicted octanol–water partition coefficient (Wildman–Crippen LogP) is 3.02. The first-order valence-corrected chi connectivity index (χ1v) is 7.68. The van der Waals surface area contributed by atoms with Crippen LogP contribution in [0.25, 0.3) is 0 Å². The molecule has 1 fully saturated rings. The highest BCUT2D eigenvalue weighted by molar-refractivity contribution is 6.31. The highest BCUT2D eigenvalue weighted by Gasteiger charge is 2.35. The molecule has 5 nitrogen and oxygen atoms in total. The summed E-state index contributed by atoms with van der Waals surface area (Å²) < 4.78 is 5.26. The van der Waals surface area contributed by atoms with Crippen LogP contribution in [0.4, 0.5) is 5.69 Å². The van der Waals surface area contributed by atoms with Crippen LogP contribution >= 0.6 is 11.6 Å². The number of benzene rings is 1. The lowest BCUT2D eigenvalue weighted by Crippen LogP contribution is -2.47. The third-order valence-electron chi connectivity index (χ3n) is 3.97. The summed E-state index contributed by atoms with van der Waals surface area (Å²) in [5.74, 6) is 0.386. The quantitative estimate of drug-likeness (QED) is 0.874. The maximum absolute atomic E-state index is 12.1. The fourth-order valence-corrected chi connectivity index (χ4v) is 2.85. The van der Waals surface area contributed by atoms with Crippen molar-refractivity contribution in [1.82, 2.24) is 5.32 Å². The first kappa shape index (κ1) is 16.4. The summed E-state index contributed by atoms with van der Waals surface area (Å²) in [5, 5.41) is 15.8. The molecule has 2 rings (SSSR count). The smallest absolute Gasteiger partial charge is 0.240 e. The molecule has 0 spiro atoms. The molecule has 0 radical (unpaired) electrons. The Bertz CT molecular complexity index is 604. The summed E-state index contributed by atoms with van der Waals surface area (Å²) in [7, 11) is 1.55. The van der Waals surface area contributed by atoms with E-state index >= 15 is 0 Å². The molecule has 0 heterocycles. The molecule has 0 bridgehead atoms. The normalized spacial score (nSPS) is 15.9. The summed E-state index contributed by atoms with van der Waals surface area (Å²) in [4.78, 5) is 12.1. The van der Waals surface area contributed by atoms with Gasteiger partial charge in [-0.25, -0.2) is 0 Å². The Hall–Kier alpha value is -1.93. The zero-order valence-corrected chi connectivity index (χ0v) is 13.6. The van der Waals surface area contributed by atoms with E-state index < -0.39 is 5.54 Å². The third-order valence-corrected chi connectivity index (χ3v) is 4.38. The Morgan fingerprint density at radius 2 is 2.14 bits per heavy atom. The Balaban J connectivity index is 1.99. The van der Waals surface area contributed by atoms with E-state index in [1.165, 1.54) is 0 Å². The van der Waals surface area contributed by atoms with E-state index in [0.717, 1.165) is 31.2 Å². The summed E-state index contributed by atoms with van der Waals surface area (Å²) in [6, 6.07) is 5.79. The maximum atomic E-state index is 12.1. The van der Waals surface area contributed by atoms with Gasteiger partial charge in [-0.2, -0.15) is 5.26 Å². The van der Waals surface area contributed by atoms with Gasteiger partial charge in [-0.05, 0) is 44.2 Å². The number of nitrogens with one attached hydrogen (secondary N) is 2. The van der Waals surface area contributed by atoms with Crippen molar-refractivity contribution in [3.8, 4) is 11.8 Å². The number of hydrogen-bond donors (Lipinski definition) is 2. The number of nitriles is 1. The van der Waals surface area contributed by atoms with E-state index in [-0.39, 0.29) is 12.5 Å². The van der Waals surface area contributed by atoms with Crippen LogP contribution in [0.3, 0.4) is 0 Å². The van der Waals surface area contributed by atoms with Gasteiger partial charge < -0.3 is 15.4 Å². The second-order valence-corrected chi connectivity index (χ2v) is 6.01. The number of anilines is 1. The van der Waals surface area contributed by atoms with Crippen molar-refractivity contribution >= 4 is 23.2 Å². The lowest BCUT2D eigenvalue weighted by Gasteiger charge is -2.22. The van der Waals surface area contributed by atoms with E-state index in [4.69, 9.17) is 16.3 Å². The largest absolute Gasteiger partial charge is 0.495 e. The summed E-state index contributed by atoms with van der Waals surface area (Å²) in [5.41, 5.74) is 0.908. The second kappa shape index (κ2) is 6.89. The van der Waals surface area contributed by atoms with Crippen LogP contribution in [0, 0.1) is 18.3 Å². The number of ether oxygens (including phenoxy) is 1. The van der Waals surface area contributed by atoms with E-state index in [1.54, 1.807) is 13.2 Å². The summed E-state index contributed by atoms with van der Waals surface area (Å²) >= 11 is 6.05. The molecule has 1 amide bonds. The van der Waals surface area contributed by atoms with Crippen molar-refractivity contribution in [3.05, 3.63) is 22.7 Å². The average molecular weight is 322 g/mol. The number of carbonyl (C=O) groups excluding carboxylic acids is 1. The van der Waals surface area contributed by atoms with Gasteiger partial charge in [0.15, 0.2) is 0 Å². The fourth-order valence-electron chi connectivity index (χ4n) is 2.70. The molecule has 0 saturated heterocycles. The Morgan fingerprint density at radius 1 is 1.45 bits per heavy atom. The molecule has 1 aliphatic carbocycles. The van der Waals surface area contributed by atoms with Crippen molar-refractivity contribution < 1.29 is 9.53 Å². The molecule has 1 aromatic rings. The molecule has 22 heavy (non-hydrogen) atoms. The van der Waals surface area contributed by atoms with Crippen molar-refractivity contribution in [3.63, 3.8) is 0 Å². The average Bonchev–Trinajstić information content (AvgIpc) is 2.97. The number of methoxy groups -OCH3 is 1. The van der Waals surface area contributed by atoms with Crippen LogP contribution in [-0.2, 0) is 4.79 Å². The van der Waals surface area contributed by atoms with Crippen LogP contribution in [-0.4, -0.2) is 25.1 Å². The van der Waals surface area contributed by atoms with Crippen LogP contribution in [0.5, 0.6) is 5.75 Å². The summed E-state index contributed by atoms with van der Waals surface area (Å²) in [6.45, 7) is 1.97. The first-order valence-electron chi connectivity index (χ1n) is 7.30. The molecule has 6 heteroatoms. The van der Waals surface area contributed by atoms with Gasteiger partial charge >= 0.3 is 0 Å². The van der Waals surface area contributed by atoms with Gasteiger partial charge in [0.25, 0.3) is 0 Å². The van der Waals surface area contributed by atoms with Crippen LogP contribution in [0.2, 0.25) is 5.02 Å². The molecule has 0 aromatic heterocycles. The SMILES string of the molecule is COc1cc(Cl)c(C)cc1NCC(=O)NC1(C#N)CCCC1. The Labute approximate surface area is 135 Å². The standard InChI is InChI=1S/C16H20ClN3O2/c1-11-7-13(14(22-2)8-12(11)17)19-9-15(21)20-16(10-18)5-3-4-6-16/h7-8,19H,3-6,9H2,1-2H3,(H,20,21). The monoisotopic (exact) mass is 321 g/mol. The highest BCUT2D eigenvalue weighted by Crippen LogP contribution is 2.31. The maximum Gasteiger partial charge on any atom is 0.240 e. The number of amides is 1. The van der Waals surface area contributed by atoms with E-state index in [1.807, 2.05) is 13.0 Å². The predicted molar refractivity (Wildman–Crippen MR) is 86.2 cm³/mol. The molecule has 2 N–H and O–H groups in total. The minimum absolute atomic E-state index is 0.0842. The van der Waals surface area contributed by atoms with Gasteiger partial charge in [-0.3, -0.25) is 4.79 Å². The molecule has 0 aliphatic heterocycles. The van der Waals surface area contributed by atoms with E-state index in [9.17, 15) is 10.1 Å². The Morgan fingerprint density at radius 3 is 2.73 bits per heavy atom. The number of nitrogens with zero attached hydrogens (tertiary/aromatic N) is 1. The molecule has 0 atom stereocenters. The molecule has 1 aliphatic rings. The van der Waals surface area contributed by atoms with Gasteiger partial charge in [0, 0.05) is 11.1 Å².